The highest BCUT2D eigenvalue weighted by molar-refractivity contribution is 5.99. The summed E-state index contributed by atoms with van der Waals surface area (Å²) in [6, 6.07) is 3.78. The Morgan fingerprint density at radius 2 is 2.20 bits per heavy atom. The highest BCUT2D eigenvalue weighted by Crippen LogP contribution is 2.19. The first kappa shape index (κ1) is 15.9. The number of nitro benzene ring substituents is 1. The fourth-order valence-corrected chi connectivity index (χ4v) is 1.51. The lowest BCUT2D eigenvalue weighted by atomic mass is 10.1. The zero-order valence-corrected chi connectivity index (χ0v) is 11.6. The molecule has 0 aliphatic heterocycles. The molecule has 0 unspecified atom stereocenters. The van der Waals surface area contributed by atoms with E-state index in [9.17, 15) is 14.9 Å². The number of ether oxygens (including phenoxy) is 1. The molecular formula is C13H19N3O4. The minimum atomic E-state index is -0.567. The summed E-state index contributed by atoms with van der Waals surface area (Å²) in [6.07, 6.45) is 0. The quantitative estimate of drug-likeness (QED) is 0.341. The first-order valence-electron chi connectivity index (χ1n) is 6.31. The second-order valence-corrected chi connectivity index (χ2v) is 4.75. The molecule has 7 nitrogen and oxygen atoms in total. The molecule has 7 heteroatoms. The van der Waals surface area contributed by atoms with E-state index in [1.54, 1.807) is 0 Å². The van der Waals surface area contributed by atoms with Crippen LogP contribution in [0.2, 0.25) is 0 Å². The molecule has 1 aromatic rings. The van der Waals surface area contributed by atoms with Crippen molar-refractivity contribution in [1.82, 2.24) is 5.32 Å². The van der Waals surface area contributed by atoms with Crippen LogP contribution in [0.1, 0.15) is 24.2 Å². The van der Waals surface area contributed by atoms with Crippen LogP contribution < -0.4 is 11.1 Å². The lowest BCUT2D eigenvalue weighted by Crippen LogP contribution is -2.28. The number of hydrogen-bond donors (Lipinski definition) is 2. The standard InChI is InChI=1S/C13H19N3O4/c1-9(2)8-20-6-5-15-13(17)11-7-10(16(18)19)3-4-12(11)14/h3-4,7,9H,5-6,8,14H2,1-2H3,(H,15,17). The molecule has 0 radical (unpaired) electrons. The average molecular weight is 281 g/mol. The number of nitrogen functional groups attached to an aromatic ring is 1. The van der Waals surface area contributed by atoms with Crippen molar-refractivity contribution in [2.45, 2.75) is 13.8 Å². The van der Waals surface area contributed by atoms with E-state index in [0.29, 0.717) is 25.7 Å². The van der Waals surface area contributed by atoms with Crippen molar-refractivity contribution in [3.63, 3.8) is 0 Å². The molecule has 20 heavy (non-hydrogen) atoms. The van der Waals surface area contributed by atoms with Gasteiger partial charge in [0.1, 0.15) is 0 Å². The topological polar surface area (TPSA) is 107 Å². The zero-order valence-electron chi connectivity index (χ0n) is 11.6. The Bertz CT molecular complexity index is 489. The monoisotopic (exact) mass is 281 g/mol. The molecule has 0 aliphatic rings. The van der Waals surface area contributed by atoms with Crippen LogP contribution in [0.4, 0.5) is 11.4 Å². The summed E-state index contributed by atoms with van der Waals surface area (Å²) in [7, 11) is 0. The molecule has 0 aliphatic carbocycles. The van der Waals surface area contributed by atoms with E-state index < -0.39 is 10.8 Å². The SMILES string of the molecule is CC(C)COCCNC(=O)c1cc([N+](=O)[O-])ccc1N. The van der Waals surface area contributed by atoms with Gasteiger partial charge in [-0.2, -0.15) is 0 Å². The van der Waals surface area contributed by atoms with Crippen molar-refractivity contribution in [3.8, 4) is 0 Å². The number of amides is 1. The Labute approximate surface area is 117 Å². The molecule has 0 saturated heterocycles. The largest absolute Gasteiger partial charge is 0.398 e. The van der Waals surface area contributed by atoms with Crippen LogP contribution in [0.25, 0.3) is 0 Å². The van der Waals surface area contributed by atoms with Crippen molar-refractivity contribution < 1.29 is 14.5 Å². The summed E-state index contributed by atoms with van der Waals surface area (Å²) < 4.78 is 5.32. The molecule has 0 aromatic heterocycles. The number of non-ortho nitro benzene ring substituents is 1. The van der Waals surface area contributed by atoms with Gasteiger partial charge in [-0.25, -0.2) is 0 Å². The Morgan fingerprint density at radius 1 is 1.50 bits per heavy atom. The minimum absolute atomic E-state index is 0.100. The van der Waals surface area contributed by atoms with Crippen LogP contribution in [-0.2, 0) is 4.74 Å². The van der Waals surface area contributed by atoms with Crippen molar-refractivity contribution >= 4 is 17.3 Å². The average Bonchev–Trinajstić information content (AvgIpc) is 2.37. The molecule has 0 bridgehead atoms. The van der Waals surface area contributed by atoms with Gasteiger partial charge in [0.05, 0.1) is 17.1 Å². The number of anilines is 1. The summed E-state index contributed by atoms with van der Waals surface area (Å²) in [5.41, 5.74) is 5.78. The van der Waals surface area contributed by atoms with E-state index in [-0.39, 0.29) is 16.9 Å². The summed E-state index contributed by atoms with van der Waals surface area (Å²) in [5.74, 6) is -0.0162. The Kier molecular flexibility index (Phi) is 5.92. The van der Waals surface area contributed by atoms with Gasteiger partial charge < -0.3 is 15.8 Å². The first-order valence-corrected chi connectivity index (χ1v) is 6.31. The van der Waals surface area contributed by atoms with Gasteiger partial charge >= 0.3 is 0 Å². The van der Waals surface area contributed by atoms with E-state index in [0.717, 1.165) is 0 Å². The number of rotatable bonds is 7. The first-order chi connectivity index (χ1) is 9.41. The molecule has 0 fully saturated rings. The van der Waals surface area contributed by atoms with Gasteiger partial charge in [0.15, 0.2) is 0 Å². The van der Waals surface area contributed by atoms with Gasteiger partial charge in [-0.3, -0.25) is 14.9 Å². The van der Waals surface area contributed by atoms with Crippen LogP contribution in [0.5, 0.6) is 0 Å². The predicted molar refractivity (Wildman–Crippen MR) is 75.5 cm³/mol. The number of hydrogen-bond acceptors (Lipinski definition) is 5. The van der Waals surface area contributed by atoms with Gasteiger partial charge in [0, 0.05) is 31.0 Å². The lowest BCUT2D eigenvalue weighted by molar-refractivity contribution is -0.384. The van der Waals surface area contributed by atoms with E-state index >= 15 is 0 Å². The smallest absolute Gasteiger partial charge is 0.270 e. The lowest BCUT2D eigenvalue weighted by Gasteiger charge is -2.09. The van der Waals surface area contributed by atoms with Crippen LogP contribution in [0.3, 0.4) is 0 Å². The molecule has 1 aromatic carbocycles. The second-order valence-electron chi connectivity index (χ2n) is 4.75. The fourth-order valence-electron chi connectivity index (χ4n) is 1.51. The molecule has 110 valence electrons. The number of nitrogens with zero attached hydrogens (tertiary/aromatic N) is 1. The van der Waals surface area contributed by atoms with Crippen molar-refractivity contribution in [1.29, 1.82) is 0 Å². The Balaban J connectivity index is 2.55. The highest BCUT2D eigenvalue weighted by Gasteiger charge is 2.14. The number of nitrogens with two attached hydrogens (primary N) is 1. The number of nitro groups is 1. The maximum Gasteiger partial charge on any atom is 0.270 e. The number of benzene rings is 1. The summed E-state index contributed by atoms with van der Waals surface area (Å²) in [4.78, 5) is 22.0. The third kappa shape index (κ3) is 4.85. The zero-order chi connectivity index (χ0) is 15.1. The minimum Gasteiger partial charge on any atom is -0.398 e. The van der Waals surface area contributed by atoms with Crippen molar-refractivity contribution in [3.05, 3.63) is 33.9 Å². The van der Waals surface area contributed by atoms with Gasteiger partial charge in [-0.05, 0) is 12.0 Å². The van der Waals surface area contributed by atoms with Gasteiger partial charge in [-0.15, -0.1) is 0 Å². The van der Waals surface area contributed by atoms with Gasteiger partial charge in [0.2, 0.25) is 0 Å². The number of carbonyl (C=O) groups is 1. The van der Waals surface area contributed by atoms with Gasteiger partial charge in [0.25, 0.3) is 11.6 Å². The van der Waals surface area contributed by atoms with E-state index in [2.05, 4.69) is 5.32 Å². The molecule has 3 N–H and O–H groups in total. The van der Waals surface area contributed by atoms with Crippen molar-refractivity contribution in [2.24, 2.45) is 5.92 Å². The molecular weight excluding hydrogens is 262 g/mol. The third-order valence-electron chi connectivity index (χ3n) is 2.48. The van der Waals surface area contributed by atoms with E-state index in [4.69, 9.17) is 10.5 Å². The molecule has 0 spiro atoms. The van der Waals surface area contributed by atoms with Crippen LogP contribution >= 0.6 is 0 Å². The summed E-state index contributed by atoms with van der Waals surface area (Å²) in [5, 5.41) is 13.3. The van der Waals surface area contributed by atoms with Crippen molar-refractivity contribution in [2.75, 3.05) is 25.5 Å². The molecule has 0 saturated carbocycles. The predicted octanol–water partition coefficient (Wildman–Crippen LogP) is 1.58. The van der Waals surface area contributed by atoms with Crippen LogP contribution in [-0.4, -0.2) is 30.6 Å². The number of nitrogens with one attached hydrogen (secondary N) is 1. The third-order valence-corrected chi connectivity index (χ3v) is 2.48. The fraction of sp³-hybridized carbons (Fsp3) is 0.462. The van der Waals surface area contributed by atoms with Gasteiger partial charge in [-0.1, -0.05) is 13.8 Å². The summed E-state index contributed by atoms with van der Waals surface area (Å²) >= 11 is 0. The Hall–Kier alpha value is -2.15. The van der Waals surface area contributed by atoms with Crippen LogP contribution in [0.15, 0.2) is 18.2 Å². The maximum absolute atomic E-state index is 11.9. The molecule has 0 heterocycles. The maximum atomic E-state index is 11.9. The van der Waals surface area contributed by atoms with E-state index in [1.807, 2.05) is 13.8 Å². The second kappa shape index (κ2) is 7.44. The molecule has 0 atom stereocenters. The highest BCUT2D eigenvalue weighted by atomic mass is 16.6. The summed E-state index contributed by atoms with van der Waals surface area (Å²) in [6.45, 7) is 5.39. The molecule has 1 amide bonds. The van der Waals surface area contributed by atoms with E-state index in [1.165, 1.54) is 18.2 Å². The Morgan fingerprint density at radius 3 is 2.80 bits per heavy atom. The number of carbonyl (C=O) groups excluding carboxylic acids is 1. The molecule has 1 rings (SSSR count). The normalized spacial score (nSPS) is 10.6. The van der Waals surface area contributed by atoms with Crippen LogP contribution in [0, 0.1) is 16.0 Å².